The number of quaternary nitrogens is 2. The number of rotatable bonds is 13. The molecule has 0 amide bonds. The Kier molecular flexibility index (Phi) is 11.3. The second-order valence-corrected chi connectivity index (χ2v) is 20.2. The minimum atomic E-state index is -4.36. The fourth-order valence-corrected chi connectivity index (χ4v) is 8.17. The highest BCUT2D eigenvalue weighted by Gasteiger charge is 2.45. The van der Waals surface area contributed by atoms with Crippen LogP contribution in [-0.2, 0) is 31.1 Å². The average Bonchev–Trinajstić information content (AvgIpc) is 3.30. The summed E-state index contributed by atoms with van der Waals surface area (Å²) in [6.07, 6.45) is 9.93. The van der Waals surface area contributed by atoms with Crippen LogP contribution in [0.3, 0.4) is 0 Å². The normalized spacial score (nSPS) is 18.8. The van der Waals surface area contributed by atoms with Crippen LogP contribution in [0.5, 0.6) is 0 Å². The molecule has 0 aromatic heterocycles. The Morgan fingerprint density at radius 3 is 1.92 bits per heavy atom. The highest BCUT2D eigenvalue weighted by molar-refractivity contribution is 9.11. The van der Waals surface area contributed by atoms with Gasteiger partial charge in [0.2, 0.25) is 5.69 Å². The third-order valence-electron chi connectivity index (χ3n) is 9.54. The summed E-state index contributed by atoms with van der Waals surface area (Å²) >= 11 is 3.76. The van der Waals surface area contributed by atoms with Gasteiger partial charge in [-0.05, 0) is 68.0 Å². The lowest BCUT2D eigenvalue weighted by molar-refractivity contribution is -0.871. The summed E-state index contributed by atoms with van der Waals surface area (Å²) in [5, 5.41) is 0. The molecule has 0 unspecified atom stereocenters. The van der Waals surface area contributed by atoms with Gasteiger partial charge in [0.15, 0.2) is 12.3 Å². The summed E-state index contributed by atoms with van der Waals surface area (Å²) in [6, 6.07) is 9.63. The zero-order valence-electron chi connectivity index (χ0n) is 31.0. The summed E-state index contributed by atoms with van der Waals surface area (Å²) < 4.78 is 72.5. The van der Waals surface area contributed by atoms with Crippen LogP contribution in [0.25, 0.3) is 0 Å². The quantitative estimate of drug-likeness (QED) is 0.107. The molecule has 10 nitrogen and oxygen atoms in total. The van der Waals surface area contributed by atoms with Crippen LogP contribution in [-0.4, -0.2) is 114 Å². The second kappa shape index (κ2) is 14.1. The minimum absolute atomic E-state index is 0.122. The van der Waals surface area contributed by atoms with Crippen molar-refractivity contribution >= 4 is 53.3 Å². The van der Waals surface area contributed by atoms with Crippen molar-refractivity contribution in [3.63, 3.8) is 0 Å². The zero-order valence-corrected chi connectivity index (χ0v) is 34.2. The Labute approximate surface area is 307 Å². The summed E-state index contributed by atoms with van der Waals surface area (Å²) in [4.78, 5) is 2.00. The highest BCUT2D eigenvalue weighted by Crippen LogP contribution is 2.49. The number of anilines is 1. The third kappa shape index (κ3) is 9.04. The van der Waals surface area contributed by atoms with Crippen molar-refractivity contribution in [2.75, 3.05) is 73.4 Å². The number of benzene rings is 2. The molecule has 0 bridgehead atoms. The average molecular weight is 795 g/mol. The maximum absolute atomic E-state index is 12.0. The van der Waals surface area contributed by atoms with Crippen LogP contribution in [0.4, 0.5) is 11.4 Å². The van der Waals surface area contributed by atoms with Gasteiger partial charge in [-0.25, -0.2) is 0 Å². The minimum Gasteiger partial charge on any atom is -0.344 e. The monoisotopic (exact) mass is 793 g/mol. The molecular formula is C37H54BrN4O6S2+3. The van der Waals surface area contributed by atoms with Gasteiger partial charge in [-0.15, -0.1) is 0 Å². The lowest BCUT2D eigenvalue weighted by atomic mass is 9.81. The molecule has 2 heterocycles. The number of hydrogen-bond acceptors (Lipinski definition) is 5. The Hall–Kier alpha value is -2.65. The molecule has 2 aliphatic rings. The largest absolute Gasteiger partial charge is 0.344 e. The number of fused-ring (bicyclic) bond motifs is 2. The highest BCUT2D eigenvalue weighted by atomic mass is 79.9. The second-order valence-electron chi connectivity index (χ2n) is 16.4. The molecule has 0 aliphatic carbocycles. The molecule has 0 atom stereocenters. The van der Waals surface area contributed by atoms with Gasteiger partial charge < -0.3 is 13.9 Å². The first kappa shape index (κ1) is 40.1. The number of allylic oxidation sites excluding steroid dienone is 6. The fourth-order valence-electron chi connectivity index (χ4n) is 6.89. The Bertz CT molecular complexity index is 2000. The molecule has 2 aromatic carbocycles. The fraction of sp³-hybridized carbons (Fsp3) is 0.486. The summed E-state index contributed by atoms with van der Waals surface area (Å²) in [5.74, 6) is 0. The van der Waals surface area contributed by atoms with Crippen molar-refractivity contribution in [1.82, 2.24) is 0 Å². The third-order valence-corrected chi connectivity index (χ3v) is 11.8. The standard InChI is InChI=1S/C37H52BrN4O6S2/c1-36(2)30-25-28(49(43,44)45)15-17-32(30)39(21-11-23-41(5,6)7)34(36)19-13-27(38)14-20-35-37(3,4)31-26-29(50(46,47)48)16-18-33(31)40(35)22-12-24-42(8,9)10/h13-20,25-26H,11-12,21-24H2,1-10H3/q+1/p+2. The van der Waals surface area contributed by atoms with E-state index in [9.17, 15) is 25.9 Å². The SMILES string of the molecule is CC1(C)C(/C=C/C(Br)=C/C=C2/N(CCC[N+](C)(C)C)c3ccc(S(=O)(=O)O)cc3C2(C)C)=[N+](CCC[N+](C)(C)C)c2ccc(S(=O)(=O)O)cc21. The van der Waals surface area contributed by atoms with Gasteiger partial charge in [-0.2, -0.15) is 21.4 Å². The van der Waals surface area contributed by atoms with Gasteiger partial charge in [0, 0.05) is 52.0 Å². The summed E-state index contributed by atoms with van der Waals surface area (Å²) in [7, 11) is 4.21. The topological polar surface area (TPSA) is 115 Å². The van der Waals surface area contributed by atoms with Crippen molar-refractivity contribution in [3.05, 3.63) is 82.0 Å². The molecule has 0 spiro atoms. The molecule has 2 aromatic rings. The summed E-state index contributed by atoms with van der Waals surface area (Å²) in [5.41, 5.74) is 4.43. The smallest absolute Gasteiger partial charge is 0.294 e. The lowest BCUT2D eigenvalue weighted by Crippen LogP contribution is -2.37. The van der Waals surface area contributed by atoms with Gasteiger partial charge >= 0.3 is 0 Å². The Balaban J connectivity index is 1.74. The van der Waals surface area contributed by atoms with E-state index in [0.29, 0.717) is 0 Å². The van der Waals surface area contributed by atoms with E-state index >= 15 is 0 Å². The van der Waals surface area contributed by atoms with E-state index in [4.69, 9.17) is 0 Å². The molecule has 50 heavy (non-hydrogen) atoms. The summed E-state index contributed by atoms with van der Waals surface area (Å²) in [6.45, 7) is 11.6. The maximum atomic E-state index is 12.0. The number of nitrogens with zero attached hydrogens (tertiary/aromatic N) is 4. The van der Waals surface area contributed by atoms with Gasteiger partial charge in [-0.1, -0.05) is 29.8 Å². The first-order chi connectivity index (χ1) is 22.7. The van der Waals surface area contributed by atoms with E-state index in [2.05, 4.69) is 108 Å². The van der Waals surface area contributed by atoms with E-state index in [1.165, 1.54) is 12.1 Å². The maximum Gasteiger partial charge on any atom is 0.294 e. The van der Waals surface area contributed by atoms with Crippen molar-refractivity contribution in [1.29, 1.82) is 0 Å². The van der Waals surface area contributed by atoms with Crippen LogP contribution >= 0.6 is 15.9 Å². The molecule has 274 valence electrons. The molecule has 0 radical (unpaired) electrons. The first-order valence-corrected chi connectivity index (χ1v) is 20.4. The molecule has 13 heteroatoms. The molecule has 0 saturated heterocycles. The first-order valence-electron chi connectivity index (χ1n) is 16.8. The molecule has 0 fully saturated rings. The van der Waals surface area contributed by atoms with Crippen LogP contribution in [0.1, 0.15) is 51.7 Å². The van der Waals surface area contributed by atoms with Crippen LogP contribution in [0.2, 0.25) is 0 Å². The van der Waals surface area contributed by atoms with Gasteiger partial charge in [0.1, 0.15) is 0 Å². The van der Waals surface area contributed by atoms with E-state index in [0.717, 1.165) is 86.4 Å². The van der Waals surface area contributed by atoms with Gasteiger partial charge in [-0.3, -0.25) is 9.11 Å². The lowest BCUT2D eigenvalue weighted by Gasteiger charge is -2.29. The predicted octanol–water partition coefficient (Wildman–Crippen LogP) is 6.27. The molecule has 2 aliphatic heterocycles. The molecule has 4 rings (SSSR count). The Morgan fingerprint density at radius 2 is 1.36 bits per heavy atom. The molecular weight excluding hydrogens is 740 g/mol. The molecule has 2 N–H and O–H groups in total. The predicted molar refractivity (Wildman–Crippen MR) is 205 cm³/mol. The van der Waals surface area contributed by atoms with E-state index in [1.54, 1.807) is 24.3 Å². The zero-order chi connectivity index (χ0) is 37.7. The number of halogens is 1. The molecule has 0 saturated carbocycles. The van der Waals surface area contributed by atoms with Crippen molar-refractivity contribution in [2.45, 2.75) is 61.2 Å². The van der Waals surface area contributed by atoms with E-state index in [-0.39, 0.29) is 9.79 Å². The van der Waals surface area contributed by atoms with Crippen LogP contribution < -0.4 is 4.90 Å². The van der Waals surface area contributed by atoms with Crippen molar-refractivity contribution in [2.24, 2.45) is 0 Å². The van der Waals surface area contributed by atoms with Gasteiger partial charge in [0.05, 0.1) is 77.0 Å². The Morgan fingerprint density at radius 1 is 0.820 bits per heavy atom. The van der Waals surface area contributed by atoms with Crippen LogP contribution in [0.15, 0.2) is 80.7 Å². The van der Waals surface area contributed by atoms with Crippen molar-refractivity contribution in [3.8, 4) is 0 Å². The van der Waals surface area contributed by atoms with E-state index < -0.39 is 31.1 Å². The van der Waals surface area contributed by atoms with Gasteiger partial charge in [0.25, 0.3) is 20.2 Å². The number of hydrogen-bond donors (Lipinski definition) is 2. The van der Waals surface area contributed by atoms with E-state index in [1.807, 2.05) is 12.2 Å². The van der Waals surface area contributed by atoms with Crippen LogP contribution in [0, 0.1) is 0 Å². The van der Waals surface area contributed by atoms with Crippen molar-refractivity contribution < 1.29 is 39.5 Å².